The maximum Gasteiger partial charge on any atom is 0.164 e. The van der Waals surface area contributed by atoms with Crippen molar-refractivity contribution in [3.05, 3.63) is 54.4 Å². The van der Waals surface area contributed by atoms with Gasteiger partial charge in [0.05, 0.1) is 30.2 Å². The van der Waals surface area contributed by atoms with Gasteiger partial charge in [-0.15, -0.1) is 0 Å². The van der Waals surface area contributed by atoms with Gasteiger partial charge in [-0.1, -0.05) is 39.0 Å². The Balaban J connectivity index is 1.19. The molecular formula is C32H39N9O. The van der Waals surface area contributed by atoms with Crippen molar-refractivity contribution in [1.29, 1.82) is 0 Å². The van der Waals surface area contributed by atoms with Crippen molar-refractivity contribution < 1.29 is 4.74 Å². The van der Waals surface area contributed by atoms with Crippen LogP contribution in [0.15, 0.2) is 48.8 Å². The predicted octanol–water partition coefficient (Wildman–Crippen LogP) is 5.81. The summed E-state index contributed by atoms with van der Waals surface area (Å²) in [6.45, 7) is 10.4. The summed E-state index contributed by atoms with van der Waals surface area (Å²) < 4.78 is 7.67. The third-order valence-electron chi connectivity index (χ3n) is 8.94. The Morgan fingerprint density at radius 2 is 1.69 bits per heavy atom. The van der Waals surface area contributed by atoms with Gasteiger partial charge in [0.25, 0.3) is 0 Å². The zero-order chi connectivity index (χ0) is 28.8. The van der Waals surface area contributed by atoms with Gasteiger partial charge in [0.1, 0.15) is 17.8 Å². The van der Waals surface area contributed by atoms with Gasteiger partial charge in [-0.05, 0) is 60.9 Å². The molecule has 0 bridgehead atoms. The second-order valence-corrected chi connectivity index (χ2v) is 12.6. The normalized spacial score (nSPS) is 20.4. The lowest BCUT2D eigenvalue weighted by atomic mass is 9.87. The minimum absolute atomic E-state index is 0.103. The van der Waals surface area contributed by atoms with E-state index in [4.69, 9.17) is 15.6 Å². The van der Waals surface area contributed by atoms with E-state index in [1.54, 1.807) is 6.33 Å². The Morgan fingerprint density at radius 1 is 0.952 bits per heavy atom. The maximum absolute atomic E-state index is 6.47. The molecule has 0 amide bonds. The molecule has 4 heterocycles. The first-order chi connectivity index (χ1) is 20.3. The van der Waals surface area contributed by atoms with Crippen molar-refractivity contribution >= 4 is 39.3 Å². The quantitative estimate of drug-likeness (QED) is 0.244. The topological polar surface area (TPSA) is 123 Å². The predicted molar refractivity (Wildman–Crippen MR) is 167 cm³/mol. The van der Waals surface area contributed by atoms with Gasteiger partial charge < -0.3 is 15.8 Å². The maximum atomic E-state index is 6.47. The molecule has 4 N–H and O–H groups in total. The van der Waals surface area contributed by atoms with Crippen molar-refractivity contribution in [3.63, 3.8) is 0 Å². The molecule has 42 heavy (non-hydrogen) atoms. The first-order valence-corrected chi connectivity index (χ1v) is 15.0. The Labute approximate surface area is 245 Å². The fraction of sp³-hybridized carbons (Fsp3) is 0.438. The molecular weight excluding hydrogens is 526 g/mol. The number of anilines is 3. The number of H-pyrrole nitrogens is 1. The molecule has 10 nitrogen and oxygen atoms in total. The summed E-state index contributed by atoms with van der Waals surface area (Å²) >= 11 is 0. The molecule has 2 fully saturated rings. The largest absolute Gasteiger partial charge is 0.383 e. The number of nitrogens with two attached hydrogens (primary N) is 1. The number of hydrogen-bond acceptors (Lipinski definition) is 8. The van der Waals surface area contributed by atoms with Crippen LogP contribution in [-0.2, 0) is 10.2 Å². The minimum atomic E-state index is 0.103. The lowest BCUT2D eigenvalue weighted by Gasteiger charge is -2.38. The monoisotopic (exact) mass is 565 g/mol. The average Bonchev–Trinajstić information content (AvgIpc) is 3.60. The summed E-state index contributed by atoms with van der Waals surface area (Å²) in [5.74, 6) is 1.22. The van der Waals surface area contributed by atoms with E-state index in [0.29, 0.717) is 11.9 Å². The Hall–Kier alpha value is -4.02. The number of nitrogen functional groups attached to an aromatic ring is 1. The Morgan fingerprint density at radius 3 is 2.43 bits per heavy atom. The first kappa shape index (κ1) is 26.9. The Kier molecular flexibility index (Phi) is 6.82. The van der Waals surface area contributed by atoms with Gasteiger partial charge in [0.2, 0.25) is 0 Å². The third-order valence-corrected chi connectivity index (χ3v) is 8.94. The first-order valence-electron chi connectivity index (χ1n) is 15.0. The number of morpholine rings is 1. The summed E-state index contributed by atoms with van der Waals surface area (Å²) in [5.41, 5.74) is 12.4. The molecule has 218 valence electrons. The number of nitrogens with one attached hydrogen (secondary N) is 2. The lowest BCUT2D eigenvalue weighted by Crippen LogP contribution is -2.45. The van der Waals surface area contributed by atoms with E-state index >= 15 is 0 Å². The van der Waals surface area contributed by atoms with E-state index in [-0.39, 0.29) is 11.5 Å². The lowest BCUT2D eigenvalue weighted by molar-refractivity contribution is 0.00520. The molecule has 3 aromatic heterocycles. The summed E-state index contributed by atoms with van der Waals surface area (Å²) in [6.07, 6.45) is 5.96. The molecule has 1 aliphatic heterocycles. The molecule has 1 aliphatic carbocycles. The van der Waals surface area contributed by atoms with Gasteiger partial charge in [0, 0.05) is 35.8 Å². The van der Waals surface area contributed by atoms with Crippen LogP contribution in [-0.4, -0.2) is 67.2 Å². The van der Waals surface area contributed by atoms with E-state index in [0.717, 1.165) is 96.7 Å². The highest BCUT2D eigenvalue weighted by atomic mass is 16.5. The molecule has 2 aliphatic rings. The zero-order valence-electron chi connectivity index (χ0n) is 24.6. The van der Waals surface area contributed by atoms with Crippen LogP contribution >= 0.6 is 0 Å². The fourth-order valence-electron chi connectivity index (χ4n) is 6.51. The van der Waals surface area contributed by atoms with Crippen LogP contribution in [0.4, 0.5) is 17.3 Å². The van der Waals surface area contributed by atoms with Crippen LogP contribution in [0.1, 0.15) is 58.1 Å². The molecule has 1 saturated heterocycles. The minimum Gasteiger partial charge on any atom is -0.383 e. The molecule has 10 heteroatoms. The number of nitrogens with zero attached hydrogens (tertiary/aromatic N) is 6. The van der Waals surface area contributed by atoms with Crippen molar-refractivity contribution in [2.75, 3.05) is 37.4 Å². The van der Waals surface area contributed by atoms with Crippen molar-refractivity contribution in [2.24, 2.45) is 0 Å². The van der Waals surface area contributed by atoms with Gasteiger partial charge in [-0.25, -0.2) is 14.6 Å². The zero-order valence-corrected chi connectivity index (χ0v) is 24.6. The SMILES string of the molecule is CC(C)(C)c1ccc(Nc2n[nH]c3ccc(-c4nn([C@H]5CC[C@H](N6CCOCC6)CC5)c5ncnc(N)c45)cc23)cc1. The highest BCUT2D eigenvalue weighted by Crippen LogP contribution is 2.38. The van der Waals surface area contributed by atoms with E-state index in [1.165, 1.54) is 5.56 Å². The molecule has 0 radical (unpaired) electrons. The number of ether oxygens (including phenoxy) is 1. The van der Waals surface area contributed by atoms with E-state index in [9.17, 15) is 0 Å². The number of rotatable bonds is 5. The molecule has 2 aromatic carbocycles. The van der Waals surface area contributed by atoms with Crippen LogP contribution in [0.25, 0.3) is 33.2 Å². The van der Waals surface area contributed by atoms with Crippen LogP contribution in [0, 0.1) is 0 Å². The molecule has 0 unspecified atom stereocenters. The summed E-state index contributed by atoms with van der Waals surface area (Å²) in [5, 5.41) is 18.2. The molecule has 7 rings (SSSR count). The second kappa shape index (κ2) is 10.7. The van der Waals surface area contributed by atoms with Crippen molar-refractivity contribution in [3.8, 4) is 11.3 Å². The second-order valence-electron chi connectivity index (χ2n) is 12.6. The average molecular weight is 566 g/mol. The third kappa shape index (κ3) is 4.98. The fourth-order valence-corrected chi connectivity index (χ4v) is 6.51. The number of fused-ring (bicyclic) bond motifs is 2. The van der Waals surface area contributed by atoms with E-state index in [2.05, 4.69) is 92.2 Å². The summed E-state index contributed by atoms with van der Waals surface area (Å²) in [4.78, 5) is 11.6. The van der Waals surface area contributed by atoms with Crippen LogP contribution in [0.3, 0.4) is 0 Å². The van der Waals surface area contributed by atoms with Gasteiger partial charge in [-0.2, -0.15) is 10.2 Å². The van der Waals surface area contributed by atoms with E-state index < -0.39 is 0 Å². The standard InChI is InChI=1S/C32H39N9O/c1-32(2,3)21-5-7-22(8-6-21)36-30-25-18-20(4-13-26(25)37-38-30)28-27-29(33)34-19-35-31(27)41(39-28)24-11-9-23(10-12-24)40-14-16-42-17-15-40/h4-8,13,18-19,23-24H,9-12,14-17H2,1-3H3,(H2,33,34,35)(H2,36,37,38)/t23-,24-. The molecule has 0 spiro atoms. The highest BCUT2D eigenvalue weighted by molar-refractivity contribution is 6.01. The summed E-state index contributed by atoms with van der Waals surface area (Å²) in [7, 11) is 0. The summed E-state index contributed by atoms with van der Waals surface area (Å²) in [6, 6.07) is 15.7. The number of aromatic amines is 1. The molecule has 5 aromatic rings. The van der Waals surface area contributed by atoms with Gasteiger partial charge >= 0.3 is 0 Å². The molecule has 0 atom stereocenters. The van der Waals surface area contributed by atoms with Crippen LogP contribution in [0.5, 0.6) is 0 Å². The molecule has 1 saturated carbocycles. The number of aromatic nitrogens is 6. The smallest absolute Gasteiger partial charge is 0.164 e. The number of hydrogen-bond donors (Lipinski definition) is 3. The van der Waals surface area contributed by atoms with Crippen LogP contribution < -0.4 is 11.1 Å². The van der Waals surface area contributed by atoms with Gasteiger partial charge in [-0.3, -0.25) is 10.00 Å². The van der Waals surface area contributed by atoms with Crippen LogP contribution in [0.2, 0.25) is 0 Å². The highest BCUT2D eigenvalue weighted by Gasteiger charge is 2.30. The Bertz CT molecular complexity index is 1700. The van der Waals surface area contributed by atoms with Crippen molar-refractivity contribution in [2.45, 2.75) is 64.0 Å². The number of benzene rings is 2. The van der Waals surface area contributed by atoms with E-state index in [1.807, 2.05) is 6.07 Å². The van der Waals surface area contributed by atoms with Crippen molar-refractivity contribution in [1.82, 2.24) is 34.8 Å². The van der Waals surface area contributed by atoms with Gasteiger partial charge in [0.15, 0.2) is 11.5 Å².